The number of fused-ring (bicyclic) bond motifs is 3. The lowest BCUT2D eigenvalue weighted by Crippen LogP contribution is -2.47. The third kappa shape index (κ3) is 7.64. The molecule has 0 spiro atoms. The summed E-state index contributed by atoms with van der Waals surface area (Å²) in [5, 5.41) is 13.5. The molecule has 8 nitrogen and oxygen atoms in total. The van der Waals surface area contributed by atoms with E-state index in [0.717, 1.165) is 42.9 Å². The second-order valence-corrected chi connectivity index (χ2v) is 11.3. The van der Waals surface area contributed by atoms with Crippen LogP contribution in [0.4, 0.5) is 0 Å². The van der Waals surface area contributed by atoms with Gasteiger partial charge in [-0.1, -0.05) is 48.6 Å². The van der Waals surface area contributed by atoms with Crippen LogP contribution >= 0.6 is 0 Å². The maximum absolute atomic E-state index is 13.6. The van der Waals surface area contributed by atoms with E-state index in [2.05, 4.69) is 21.2 Å². The molecule has 8 heteroatoms. The lowest BCUT2D eigenvalue weighted by Gasteiger charge is -2.38. The monoisotopic (exact) mass is 546 g/mol. The highest BCUT2D eigenvalue weighted by Crippen LogP contribution is 2.29. The second-order valence-electron chi connectivity index (χ2n) is 11.3. The first-order chi connectivity index (χ1) is 19.5. The molecule has 0 aromatic heterocycles. The van der Waals surface area contributed by atoms with Gasteiger partial charge in [0.2, 0.25) is 11.8 Å². The molecule has 214 valence electrons. The first kappa shape index (κ1) is 28.2. The van der Waals surface area contributed by atoms with E-state index in [1.54, 1.807) is 12.1 Å². The molecule has 0 saturated carbocycles. The topological polar surface area (TPSA) is 85.4 Å². The van der Waals surface area contributed by atoms with Crippen LogP contribution in [-0.2, 0) is 22.7 Å². The molecule has 5 rings (SSSR count). The number of likely N-dealkylation sites (tertiary alicyclic amines) is 1. The zero-order valence-corrected chi connectivity index (χ0v) is 23.3. The fourth-order valence-electron chi connectivity index (χ4n) is 6.13. The first-order valence-corrected chi connectivity index (χ1v) is 14.7. The van der Waals surface area contributed by atoms with Gasteiger partial charge in [-0.25, -0.2) is 0 Å². The number of benzene rings is 2. The molecule has 0 unspecified atom stereocenters. The minimum absolute atomic E-state index is 0.0694. The lowest BCUT2D eigenvalue weighted by molar-refractivity contribution is -0.135. The van der Waals surface area contributed by atoms with Crippen molar-refractivity contribution in [2.24, 2.45) is 11.8 Å². The van der Waals surface area contributed by atoms with Gasteiger partial charge < -0.3 is 25.0 Å². The maximum Gasteiger partial charge on any atom is 0.236 e. The average Bonchev–Trinajstić information content (AvgIpc) is 3.47. The summed E-state index contributed by atoms with van der Waals surface area (Å²) in [5.41, 5.74) is 1.78. The van der Waals surface area contributed by atoms with Crippen LogP contribution < -0.4 is 10.1 Å². The quantitative estimate of drug-likeness (QED) is 0.518. The highest BCUT2D eigenvalue weighted by molar-refractivity contribution is 5.79. The molecule has 40 heavy (non-hydrogen) atoms. The number of ether oxygens (including phenoxy) is 1. The SMILES string of the molecule is O=C(C[C@@H]1CCN2C[C@@H]1C=CCOc1ccccc1CN(Cc1ccccc1O)CC2=O)NCCN1CCCC1. The highest BCUT2D eigenvalue weighted by atomic mass is 16.5. The molecule has 0 radical (unpaired) electrons. The van der Waals surface area contributed by atoms with Crippen LogP contribution in [0.2, 0.25) is 0 Å². The third-order valence-electron chi connectivity index (χ3n) is 8.39. The molecule has 2 atom stereocenters. The molecule has 0 aliphatic carbocycles. The number of rotatable bonds is 7. The van der Waals surface area contributed by atoms with Gasteiger partial charge in [0.25, 0.3) is 0 Å². The van der Waals surface area contributed by atoms with E-state index < -0.39 is 0 Å². The van der Waals surface area contributed by atoms with Gasteiger partial charge in [-0.15, -0.1) is 0 Å². The van der Waals surface area contributed by atoms with Gasteiger partial charge in [0.05, 0.1) is 6.54 Å². The van der Waals surface area contributed by atoms with Crippen LogP contribution in [0, 0.1) is 11.8 Å². The Bertz CT molecular complexity index is 1180. The van der Waals surface area contributed by atoms with Crippen molar-refractivity contribution in [2.45, 2.75) is 38.8 Å². The second kappa shape index (κ2) is 13.8. The predicted molar refractivity (Wildman–Crippen MR) is 155 cm³/mol. The van der Waals surface area contributed by atoms with Gasteiger partial charge in [0, 0.05) is 56.8 Å². The van der Waals surface area contributed by atoms with E-state index in [0.29, 0.717) is 45.8 Å². The number of nitrogens with one attached hydrogen (secondary N) is 1. The summed E-state index contributed by atoms with van der Waals surface area (Å²) in [5.74, 6) is 1.46. The van der Waals surface area contributed by atoms with Gasteiger partial charge in [-0.05, 0) is 56.3 Å². The van der Waals surface area contributed by atoms with Gasteiger partial charge in [-0.3, -0.25) is 14.5 Å². The van der Waals surface area contributed by atoms with E-state index in [9.17, 15) is 14.7 Å². The van der Waals surface area contributed by atoms with E-state index in [1.807, 2.05) is 47.4 Å². The summed E-state index contributed by atoms with van der Waals surface area (Å²) in [7, 11) is 0. The summed E-state index contributed by atoms with van der Waals surface area (Å²) >= 11 is 0. The Kier molecular flexibility index (Phi) is 9.73. The summed E-state index contributed by atoms with van der Waals surface area (Å²) in [6.07, 6.45) is 7.94. The number of carbonyl (C=O) groups is 2. The highest BCUT2D eigenvalue weighted by Gasteiger charge is 2.32. The summed E-state index contributed by atoms with van der Waals surface area (Å²) in [4.78, 5) is 32.9. The Morgan fingerprint density at radius 2 is 1.80 bits per heavy atom. The van der Waals surface area contributed by atoms with Gasteiger partial charge >= 0.3 is 0 Å². The number of phenolic OH excluding ortho intramolecular Hbond substituents is 1. The molecule has 2 fully saturated rings. The Hall–Kier alpha value is -3.36. The predicted octanol–water partition coefficient (Wildman–Crippen LogP) is 3.41. The third-order valence-corrected chi connectivity index (χ3v) is 8.39. The Morgan fingerprint density at radius 3 is 2.65 bits per heavy atom. The normalized spacial score (nSPS) is 22.5. The molecular formula is C32H42N4O4. The molecule has 3 aliphatic rings. The molecule has 2 aromatic rings. The van der Waals surface area contributed by atoms with Crippen molar-refractivity contribution in [3.05, 3.63) is 71.8 Å². The van der Waals surface area contributed by atoms with Crippen LogP contribution in [0.15, 0.2) is 60.7 Å². The number of carbonyl (C=O) groups excluding carboxylic acids is 2. The Morgan fingerprint density at radius 1 is 1.00 bits per heavy atom. The van der Waals surface area contributed by atoms with Crippen LogP contribution in [-0.4, -0.2) is 84.0 Å². The number of phenols is 1. The number of piperidine rings is 1. The average molecular weight is 547 g/mol. The Labute approximate surface area is 237 Å². The molecule has 3 aliphatic heterocycles. The standard InChI is InChI=1S/C32H42N4O4/c37-29-11-3-1-8-27(29)21-35-22-28-9-2-4-12-30(28)40-19-7-10-26-23-36(32(39)24-35)17-13-25(26)20-31(38)33-14-18-34-15-5-6-16-34/h1-4,7-12,25-26,37H,5-6,13-24H2,(H,33,38)/t25-,26-/m0/s1. The fraction of sp³-hybridized carbons (Fsp3) is 0.500. The number of aromatic hydroxyl groups is 1. The molecule has 2 aromatic carbocycles. The van der Waals surface area contributed by atoms with Gasteiger partial charge in [-0.2, -0.15) is 0 Å². The lowest BCUT2D eigenvalue weighted by atomic mass is 9.82. The van der Waals surface area contributed by atoms with Crippen molar-refractivity contribution in [3.63, 3.8) is 0 Å². The number of amides is 2. The van der Waals surface area contributed by atoms with E-state index >= 15 is 0 Å². The van der Waals surface area contributed by atoms with Gasteiger partial charge in [0.15, 0.2) is 0 Å². The summed E-state index contributed by atoms with van der Waals surface area (Å²) in [6, 6.07) is 15.2. The minimum Gasteiger partial charge on any atom is -0.508 e. The smallest absolute Gasteiger partial charge is 0.236 e. The largest absolute Gasteiger partial charge is 0.508 e. The summed E-state index contributed by atoms with van der Waals surface area (Å²) < 4.78 is 6.16. The molecule has 2 amide bonds. The molecule has 2 bridgehead atoms. The number of hydrogen-bond acceptors (Lipinski definition) is 6. The van der Waals surface area contributed by atoms with Gasteiger partial charge in [0.1, 0.15) is 18.1 Å². The number of para-hydroxylation sites is 2. The van der Waals surface area contributed by atoms with Crippen LogP contribution in [0.25, 0.3) is 0 Å². The van der Waals surface area contributed by atoms with Crippen LogP contribution in [0.5, 0.6) is 11.5 Å². The van der Waals surface area contributed by atoms with Crippen molar-refractivity contribution in [1.82, 2.24) is 20.0 Å². The van der Waals surface area contributed by atoms with Crippen LogP contribution in [0.3, 0.4) is 0 Å². The van der Waals surface area contributed by atoms with Crippen LogP contribution in [0.1, 0.15) is 36.8 Å². The van der Waals surface area contributed by atoms with E-state index in [-0.39, 0.29) is 35.9 Å². The number of nitrogens with zero attached hydrogens (tertiary/aromatic N) is 3. The van der Waals surface area contributed by atoms with E-state index in [1.165, 1.54) is 12.8 Å². The minimum atomic E-state index is 0.0694. The molecule has 2 saturated heterocycles. The molecular weight excluding hydrogens is 504 g/mol. The molecule has 3 heterocycles. The zero-order chi connectivity index (χ0) is 27.7. The van der Waals surface area contributed by atoms with Crippen molar-refractivity contribution in [3.8, 4) is 11.5 Å². The Balaban J connectivity index is 1.28. The van der Waals surface area contributed by atoms with E-state index in [4.69, 9.17) is 4.74 Å². The molecule has 2 N–H and O–H groups in total. The van der Waals surface area contributed by atoms with Crippen molar-refractivity contribution in [1.29, 1.82) is 0 Å². The number of hydrogen-bond donors (Lipinski definition) is 2. The summed E-state index contributed by atoms with van der Waals surface area (Å²) in [6.45, 7) is 6.74. The van der Waals surface area contributed by atoms with Crippen molar-refractivity contribution < 1.29 is 19.4 Å². The zero-order valence-electron chi connectivity index (χ0n) is 23.3. The maximum atomic E-state index is 13.6. The fourth-order valence-corrected chi connectivity index (χ4v) is 6.13. The first-order valence-electron chi connectivity index (χ1n) is 14.7. The van der Waals surface area contributed by atoms with Crippen molar-refractivity contribution >= 4 is 11.8 Å². The van der Waals surface area contributed by atoms with Crippen molar-refractivity contribution in [2.75, 3.05) is 52.4 Å².